The molecule has 6 rings (SSSR count). The van der Waals surface area contributed by atoms with Gasteiger partial charge in [0.1, 0.15) is 0 Å². The summed E-state index contributed by atoms with van der Waals surface area (Å²) in [5, 5.41) is 0. The minimum Gasteiger partial charge on any atom is -0.0622 e. The number of fused-ring (bicyclic) bond motifs is 3. The first kappa shape index (κ1) is 26.4. The van der Waals surface area contributed by atoms with E-state index in [1.165, 1.54) is 34.2 Å². The van der Waals surface area contributed by atoms with Crippen LogP contribution in [0.3, 0.4) is 0 Å². The van der Waals surface area contributed by atoms with E-state index < -0.39 is 21.8 Å². The summed E-state index contributed by atoms with van der Waals surface area (Å²) in [6.45, 7) is 0. The third-order valence-corrected chi connectivity index (χ3v) is 12.8. The predicted molar refractivity (Wildman–Crippen MR) is 148 cm³/mol. The van der Waals surface area contributed by atoms with Crippen molar-refractivity contribution >= 4 is 28.1 Å². The van der Waals surface area contributed by atoms with Crippen LogP contribution in [0.5, 0.6) is 0 Å². The number of hydrogen-bond acceptors (Lipinski definition) is 0. The van der Waals surface area contributed by atoms with Gasteiger partial charge in [-0.1, -0.05) is 60.7 Å². The van der Waals surface area contributed by atoms with Gasteiger partial charge in [0.15, 0.2) is 0 Å². The van der Waals surface area contributed by atoms with Crippen LogP contribution in [0.4, 0.5) is 0 Å². The smallest absolute Gasteiger partial charge is 0.0184 e. The molecule has 0 saturated carbocycles. The van der Waals surface area contributed by atoms with Crippen LogP contribution in [-0.4, -0.2) is 0 Å². The van der Waals surface area contributed by atoms with Gasteiger partial charge in [0.05, 0.1) is 0 Å². The van der Waals surface area contributed by atoms with Crippen molar-refractivity contribution in [3.8, 4) is 22.3 Å². The minimum absolute atomic E-state index is 0. The van der Waals surface area contributed by atoms with E-state index in [1.54, 1.807) is 12.1 Å². The van der Waals surface area contributed by atoms with Crippen LogP contribution in [0.1, 0.15) is 17.5 Å². The Balaban J connectivity index is 0.000000201. The third kappa shape index (κ3) is 5.72. The molecule has 0 nitrogen and oxygen atoms in total. The second-order valence-corrected chi connectivity index (χ2v) is 14.3. The van der Waals surface area contributed by atoms with Crippen molar-refractivity contribution in [2.45, 2.75) is 17.5 Å². The molecule has 171 valence electrons. The summed E-state index contributed by atoms with van der Waals surface area (Å²) in [7, 11) is 0. The minimum atomic E-state index is -1.62. The number of halogens is 2. The van der Waals surface area contributed by atoms with Crippen molar-refractivity contribution in [2.24, 2.45) is 0 Å². The fourth-order valence-electron chi connectivity index (χ4n) is 4.67. The fourth-order valence-corrected chi connectivity index (χ4v) is 9.92. The number of allylic oxidation sites excluding steroid dienone is 4. The zero-order chi connectivity index (χ0) is 21.8. The normalized spacial score (nSPS) is 12.2. The van der Waals surface area contributed by atoms with Gasteiger partial charge in [-0.15, -0.1) is 24.8 Å². The number of hydrogen-bond donors (Lipinski definition) is 0. The van der Waals surface area contributed by atoms with Gasteiger partial charge in [0, 0.05) is 0 Å². The Hall–Kier alpha value is -2.18. The van der Waals surface area contributed by atoms with Crippen molar-refractivity contribution in [3.05, 3.63) is 136 Å². The summed E-state index contributed by atoms with van der Waals surface area (Å²) in [5.74, 6) is 0. The van der Waals surface area contributed by atoms with Crippen molar-refractivity contribution < 1.29 is 21.8 Å². The number of benzene rings is 4. The topological polar surface area (TPSA) is 0 Å². The SMILES string of the molecule is Cl.Cl.[CH3][Zr]([C]1=CC=CC1)[c]1cccc2c1Cc1ccccc1-2.c1ccc(-c2ccccc2)cc1. The monoisotopic (exact) mass is 561 g/mol. The van der Waals surface area contributed by atoms with Crippen molar-refractivity contribution in [2.75, 3.05) is 0 Å². The Bertz CT molecular complexity index is 1240. The van der Waals surface area contributed by atoms with Crippen LogP contribution in [-0.2, 0) is 28.2 Å². The van der Waals surface area contributed by atoms with Gasteiger partial charge >= 0.3 is 129 Å². The van der Waals surface area contributed by atoms with Crippen LogP contribution in [0.25, 0.3) is 22.3 Å². The zero-order valence-electron chi connectivity index (χ0n) is 19.3. The molecule has 0 aliphatic heterocycles. The average Bonchev–Trinajstić information content (AvgIpc) is 3.53. The zero-order valence-corrected chi connectivity index (χ0v) is 23.4. The van der Waals surface area contributed by atoms with Crippen molar-refractivity contribution in [3.63, 3.8) is 0 Å². The van der Waals surface area contributed by atoms with Crippen molar-refractivity contribution in [1.29, 1.82) is 0 Å². The van der Waals surface area contributed by atoms with Crippen LogP contribution in [0.15, 0.2) is 125 Å². The molecule has 34 heavy (non-hydrogen) atoms. The molecule has 2 aliphatic carbocycles. The molecule has 0 unspecified atom stereocenters. The maximum absolute atomic E-state index is 2.54. The molecule has 3 heteroatoms. The average molecular weight is 564 g/mol. The van der Waals surface area contributed by atoms with E-state index in [1.807, 2.05) is 12.1 Å². The molecular formula is C31H29Cl2Zr. The molecule has 2 aliphatic rings. The largest absolute Gasteiger partial charge is 0.0622 e. The van der Waals surface area contributed by atoms with Crippen LogP contribution >= 0.6 is 24.8 Å². The Labute approximate surface area is 224 Å². The van der Waals surface area contributed by atoms with E-state index in [4.69, 9.17) is 0 Å². The van der Waals surface area contributed by atoms with Crippen LogP contribution in [0, 0.1) is 0 Å². The predicted octanol–water partition coefficient (Wildman–Crippen LogP) is 8.59. The summed E-state index contributed by atoms with van der Waals surface area (Å²) in [5.41, 5.74) is 8.63. The summed E-state index contributed by atoms with van der Waals surface area (Å²) < 4.78 is 5.98. The summed E-state index contributed by atoms with van der Waals surface area (Å²) >= 11 is -1.62. The molecular weight excluding hydrogens is 534 g/mol. The molecule has 0 amide bonds. The molecule has 0 bridgehead atoms. The summed E-state index contributed by atoms with van der Waals surface area (Å²) in [6, 6.07) is 36.6. The van der Waals surface area contributed by atoms with E-state index >= 15 is 0 Å². The van der Waals surface area contributed by atoms with Gasteiger partial charge in [-0.05, 0) is 11.1 Å². The molecule has 0 atom stereocenters. The first-order valence-electron chi connectivity index (χ1n) is 11.3. The maximum atomic E-state index is 2.54. The molecule has 0 saturated heterocycles. The second kappa shape index (κ2) is 12.5. The maximum Gasteiger partial charge on any atom is -0.0184 e. The summed E-state index contributed by atoms with van der Waals surface area (Å²) in [4.78, 5) is 0. The van der Waals surface area contributed by atoms with Crippen LogP contribution < -0.4 is 3.27 Å². The molecule has 0 aromatic heterocycles. The molecule has 0 spiro atoms. The number of rotatable bonds is 3. The van der Waals surface area contributed by atoms with Crippen LogP contribution in [0.2, 0.25) is 4.63 Å². The molecule has 0 N–H and O–H groups in total. The standard InChI is InChI=1S/C13H9.C12H10.C5H5.CH3.2ClH.Zr/c1-3-7-12-10(5-1)9-11-6-2-4-8-13(11)12;1-3-7-11(8-4-1)12-9-5-2-6-10-12;1-2-4-5-3-1;;;;/h1-5,7-8H,9H2;1-10H;1-3H,4H2;1H3;2*1H;. The molecule has 4 aromatic rings. The van der Waals surface area contributed by atoms with E-state index in [-0.39, 0.29) is 24.8 Å². The fraction of sp³-hybridized carbons (Fsp3) is 0.0968. The Kier molecular flexibility index (Phi) is 9.72. The Morgan fingerprint density at radius 1 is 0.618 bits per heavy atom. The van der Waals surface area contributed by atoms with Gasteiger partial charge < -0.3 is 0 Å². The first-order valence-corrected chi connectivity index (χ1v) is 16.2. The third-order valence-electron chi connectivity index (χ3n) is 6.39. The van der Waals surface area contributed by atoms with Gasteiger partial charge in [-0.2, -0.15) is 0 Å². The quantitative estimate of drug-likeness (QED) is 0.206. The second-order valence-electron chi connectivity index (χ2n) is 8.35. The summed E-state index contributed by atoms with van der Waals surface area (Å²) in [6.07, 6.45) is 9.24. The van der Waals surface area contributed by atoms with Gasteiger partial charge in [0.2, 0.25) is 0 Å². The Morgan fingerprint density at radius 3 is 1.82 bits per heavy atom. The molecule has 4 aromatic carbocycles. The van der Waals surface area contributed by atoms with Gasteiger partial charge in [0.25, 0.3) is 0 Å². The van der Waals surface area contributed by atoms with E-state index in [0.29, 0.717) is 0 Å². The first-order chi connectivity index (χ1) is 15.8. The molecule has 0 radical (unpaired) electrons. The van der Waals surface area contributed by atoms with E-state index in [2.05, 4.69) is 114 Å². The Morgan fingerprint density at radius 2 is 1.21 bits per heavy atom. The van der Waals surface area contributed by atoms with Crippen molar-refractivity contribution in [1.82, 2.24) is 0 Å². The van der Waals surface area contributed by atoms with Gasteiger partial charge in [-0.3, -0.25) is 0 Å². The van der Waals surface area contributed by atoms with E-state index in [0.717, 1.165) is 6.42 Å². The molecule has 0 fully saturated rings. The van der Waals surface area contributed by atoms with E-state index in [9.17, 15) is 0 Å². The van der Waals surface area contributed by atoms with Gasteiger partial charge in [-0.25, -0.2) is 0 Å². The molecule has 0 heterocycles.